The van der Waals surface area contributed by atoms with Crippen molar-refractivity contribution in [1.82, 2.24) is 10.2 Å². The summed E-state index contributed by atoms with van der Waals surface area (Å²) < 4.78 is 5.89. The summed E-state index contributed by atoms with van der Waals surface area (Å²) in [5.41, 5.74) is 0. The molecule has 2 fully saturated rings. The zero-order valence-corrected chi connectivity index (χ0v) is 10.6. The van der Waals surface area contributed by atoms with Crippen LogP contribution in [0.2, 0.25) is 0 Å². The molecule has 1 aliphatic carbocycles. The summed E-state index contributed by atoms with van der Waals surface area (Å²) in [6.45, 7) is 4.35. The second kappa shape index (κ2) is 6.58. The van der Waals surface area contributed by atoms with Gasteiger partial charge in [0.1, 0.15) is 0 Å². The van der Waals surface area contributed by atoms with E-state index in [1.165, 1.54) is 51.6 Å². The Kier molecular flexibility index (Phi) is 5.07. The SMILES string of the molecule is CN1CCC(NCCOC2CCCCC2)C1. The van der Waals surface area contributed by atoms with Crippen LogP contribution in [0.4, 0.5) is 0 Å². The Labute approximate surface area is 99.5 Å². The van der Waals surface area contributed by atoms with Gasteiger partial charge in [-0.15, -0.1) is 0 Å². The monoisotopic (exact) mass is 226 g/mol. The smallest absolute Gasteiger partial charge is 0.0594 e. The highest BCUT2D eigenvalue weighted by Gasteiger charge is 2.18. The molecule has 0 aromatic heterocycles. The van der Waals surface area contributed by atoms with E-state index >= 15 is 0 Å². The predicted molar refractivity (Wildman–Crippen MR) is 66.7 cm³/mol. The first-order valence-corrected chi connectivity index (χ1v) is 6.88. The Hall–Kier alpha value is -0.120. The van der Waals surface area contributed by atoms with Gasteiger partial charge in [0.15, 0.2) is 0 Å². The largest absolute Gasteiger partial charge is 0.377 e. The molecule has 1 unspecified atom stereocenters. The minimum atomic E-state index is 0.557. The second-order valence-corrected chi connectivity index (χ2v) is 5.33. The molecule has 0 amide bonds. The lowest BCUT2D eigenvalue weighted by Gasteiger charge is -2.22. The summed E-state index contributed by atoms with van der Waals surface area (Å²) in [6, 6.07) is 0.694. The first kappa shape index (κ1) is 12.3. The van der Waals surface area contributed by atoms with Gasteiger partial charge in [-0.3, -0.25) is 0 Å². The van der Waals surface area contributed by atoms with Crippen molar-refractivity contribution in [2.45, 2.75) is 50.7 Å². The van der Waals surface area contributed by atoms with E-state index in [0.717, 1.165) is 13.2 Å². The molecule has 3 heteroatoms. The lowest BCUT2D eigenvalue weighted by molar-refractivity contribution is 0.0295. The molecular formula is C13H26N2O. The van der Waals surface area contributed by atoms with Crippen LogP contribution < -0.4 is 5.32 Å². The van der Waals surface area contributed by atoms with Crippen LogP contribution in [0.3, 0.4) is 0 Å². The van der Waals surface area contributed by atoms with Crippen LogP contribution in [-0.4, -0.2) is 50.3 Å². The van der Waals surface area contributed by atoms with E-state index in [-0.39, 0.29) is 0 Å². The normalized spacial score (nSPS) is 28.7. The van der Waals surface area contributed by atoms with Crippen molar-refractivity contribution >= 4 is 0 Å². The molecule has 0 aromatic carbocycles. The highest BCUT2D eigenvalue weighted by molar-refractivity contribution is 4.78. The summed E-state index contributed by atoms with van der Waals surface area (Å²) in [5.74, 6) is 0. The number of nitrogens with zero attached hydrogens (tertiary/aromatic N) is 1. The van der Waals surface area contributed by atoms with Gasteiger partial charge in [-0.05, 0) is 32.9 Å². The van der Waals surface area contributed by atoms with Crippen molar-refractivity contribution < 1.29 is 4.74 Å². The van der Waals surface area contributed by atoms with Crippen LogP contribution in [0.1, 0.15) is 38.5 Å². The van der Waals surface area contributed by atoms with Gasteiger partial charge in [-0.1, -0.05) is 19.3 Å². The maximum absolute atomic E-state index is 5.89. The molecule has 2 rings (SSSR count). The van der Waals surface area contributed by atoms with Crippen LogP contribution >= 0.6 is 0 Å². The Bertz CT molecular complexity index is 186. The van der Waals surface area contributed by atoms with Crippen LogP contribution in [0.25, 0.3) is 0 Å². The molecule has 1 N–H and O–H groups in total. The van der Waals surface area contributed by atoms with E-state index in [9.17, 15) is 0 Å². The molecule has 0 bridgehead atoms. The molecule has 1 atom stereocenters. The highest BCUT2D eigenvalue weighted by Crippen LogP contribution is 2.19. The van der Waals surface area contributed by atoms with Gasteiger partial charge in [-0.2, -0.15) is 0 Å². The molecule has 0 radical (unpaired) electrons. The molecule has 1 heterocycles. The fourth-order valence-corrected chi connectivity index (χ4v) is 2.82. The van der Waals surface area contributed by atoms with Crippen LogP contribution in [0.15, 0.2) is 0 Å². The number of rotatable bonds is 5. The lowest BCUT2D eigenvalue weighted by atomic mass is 9.98. The van der Waals surface area contributed by atoms with Crippen molar-refractivity contribution in [3.05, 3.63) is 0 Å². The fourth-order valence-electron chi connectivity index (χ4n) is 2.82. The Morgan fingerprint density at radius 1 is 1.19 bits per heavy atom. The summed E-state index contributed by atoms with van der Waals surface area (Å²) in [6.07, 6.45) is 8.56. The average molecular weight is 226 g/mol. The average Bonchev–Trinajstić information content (AvgIpc) is 2.72. The van der Waals surface area contributed by atoms with Crippen molar-refractivity contribution in [2.24, 2.45) is 0 Å². The van der Waals surface area contributed by atoms with E-state index in [4.69, 9.17) is 4.74 Å². The van der Waals surface area contributed by atoms with Gasteiger partial charge in [0.05, 0.1) is 12.7 Å². The Morgan fingerprint density at radius 2 is 2.00 bits per heavy atom. The van der Waals surface area contributed by atoms with Gasteiger partial charge < -0.3 is 15.0 Å². The molecule has 1 saturated carbocycles. The summed E-state index contributed by atoms with van der Waals surface area (Å²) in [4.78, 5) is 2.39. The molecule has 1 saturated heterocycles. The van der Waals surface area contributed by atoms with Gasteiger partial charge in [0.2, 0.25) is 0 Å². The Balaban J connectivity index is 1.48. The van der Waals surface area contributed by atoms with Crippen molar-refractivity contribution in [3.63, 3.8) is 0 Å². The molecule has 2 aliphatic rings. The van der Waals surface area contributed by atoms with Crippen LogP contribution in [0.5, 0.6) is 0 Å². The van der Waals surface area contributed by atoms with Gasteiger partial charge in [0, 0.05) is 19.1 Å². The summed E-state index contributed by atoms with van der Waals surface area (Å²) in [5, 5.41) is 3.58. The summed E-state index contributed by atoms with van der Waals surface area (Å²) in [7, 11) is 2.19. The second-order valence-electron chi connectivity index (χ2n) is 5.33. The van der Waals surface area contributed by atoms with Gasteiger partial charge in [-0.25, -0.2) is 0 Å². The Morgan fingerprint density at radius 3 is 2.69 bits per heavy atom. The number of likely N-dealkylation sites (N-methyl/N-ethyl adjacent to an activating group) is 1. The van der Waals surface area contributed by atoms with E-state index in [0.29, 0.717) is 12.1 Å². The number of nitrogens with one attached hydrogen (secondary N) is 1. The maximum atomic E-state index is 5.89. The van der Waals surface area contributed by atoms with Crippen molar-refractivity contribution in [1.29, 1.82) is 0 Å². The third-order valence-corrected chi connectivity index (χ3v) is 3.83. The standard InChI is InChI=1S/C13H26N2O/c1-15-9-7-12(11-15)14-8-10-16-13-5-3-2-4-6-13/h12-14H,2-11H2,1H3. The first-order valence-electron chi connectivity index (χ1n) is 6.88. The van der Waals surface area contributed by atoms with E-state index < -0.39 is 0 Å². The van der Waals surface area contributed by atoms with Crippen molar-refractivity contribution in [3.8, 4) is 0 Å². The molecule has 16 heavy (non-hydrogen) atoms. The van der Waals surface area contributed by atoms with Gasteiger partial charge in [0.25, 0.3) is 0 Å². The van der Waals surface area contributed by atoms with Crippen LogP contribution in [0, 0.1) is 0 Å². The minimum Gasteiger partial charge on any atom is -0.377 e. The molecule has 3 nitrogen and oxygen atoms in total. The molecule has 1 aliphatic heterocycles. The third-order valence-electron chi connectivity index (χ3n) is 3.83. The quantitative estimate of drug-likeness (QED) is 0.721. The molecule has 94 valence electrons. The maximum Gasteiger partial charge on any atom is 0.0594 e. The van der Waals surface area contributed by atoms with Crippen molar-refractivity contribution in [2.75, 3.05) is 33.3 Å². The molecule has 0 aromatic rings. The van der Waals surface area contributed by atoms with E-state index in [1.54, 1.807) is 0 Å². The topological polar surface area (TPSA) is 24.5 Å². The van der Waals surface area contributed by atoms with Gasteiger partial charge >= 0.3 is 0 Å². The molecular weight excluding hydrogens is 200 g/mol. The van der Waals surface area contributed by atoms with Crippen LogP contribution in [-0.2, 0) is 4.74 Å². The zero-order valence-electron chi connectivity index (χ0n) is 10.6. The van der Waals surface area contributed by atoms with E-state index in [1.807, 2.05) is 0 Å². The lowest BCUT2D eigenvalue weighted by Crippen LogP contribution is -2.34. The number of hydrogen-bond acceptors (Lipinski definition) is 3. The minimum absolute atomic E-state index is 0.557. The first-order chi connectivity index (χ1) is 7.84. The third kappa shape index (κ3) is 4.04. The fraction of sp³-hybridized carbons (Fsp3) is 1.00. The zero-order chi connectivity index (χ0) is 11.2. The molecule has 0 spiro atoms. The number of ether oxygens (including phenoxy) is 1. The number of likely N-dealkylation sites (tertiary alicyclic amines) is 1. The number of hydrogen-bond donors (Lipinski definition) is 1. The van der Waals surface area contributed by atoms with E-state index in [2.05, 4.69) is 17.3 Å². The predicted octanol–water partition coefficient (Wildman–Crippen LogP) is 1.63. The highest BCUT2D eigenvalue weighted by atomic mass is 16.5. The summed E-state index contributed by atoms with van der Waals surface area (Å²) >= 11 is 0.